The van der Waals surface area contributed by atoms with E-state index in [2.05, 4.69) is 9.97 Å². The van der Waals surface area contributed by atoms with E-state index in [0.717, 1.165) is 19.4 Å². The molecule has 1 aromatic heterocycles. The van der Waals surface area contributed by atoms with Crippen molar-refractivity contribution in [1.82, 2.24) is 14.9 Å². The average Bonchev–Trinajstić information content (AvgIpc) is 2.69. The van der Waals surface area contributed by atoms with Crippen LogP contribution in [-0.2, 0) is 4.74 Å². The molecule has 1 aliphatic heterocycles. The van der Waals surface area contributed by atoms with Crippen LogP contribution >= 0.6 is 0 Å². The first-order chi connectivity index (χ1) is 14.2. The predicted octanol–water partition coefficient (Wildman–Crippen LogP) is 4.49. The van der Waals surface area contributed by atoms with Crippen molar-refractivity contribution in [2.75, 3.05) is 31.6 Å². The van der Waals surface area contributed by atoms with E-state index >= 15 is 0 Å². The molecule has 1 aliphatic rings. The Labute approximate surface area is 176 Å². The molecule has 0 radical (unpaired) electrons. The van der Waals surface area contributed by atoms with Crippen molar-refractivity contribution in [2.45, 2.75) is 39.2 Å². The summed E-state index contributed by atoms with van der Waals surface area (Å²) in [6.07, 6.45) is 2.95. The molecule has 30 heavy (non-hydrogen) atoms. The van der Waals surface area contributed by atoms with Crippen molar-refractivity contribution in [3.8, 4) is 11.6 Å². The maximum Gasteiger partial charge on any atom is 0.410 e. The lowest BCUT2D eigenvalue weighted by Gasteiger charge is -2.35. The molecular formula is C22H29FN4O3. The lowest BCUT2D eigenvalue weighted by Crippen LogP contribution is -2.43. The third kappa shape index (κ3) is 6.05. The van der Waals surface area contributed by atoms with Crippen molar-refractivity contribution >= 4 is 11.9 Å². The Morgan fingerprint density at radius 3 is 2.60 bits per heavy atom. The standard InChI is InChI=1S/C22H29FN4O3/c1-22(2,3)30-21(28)27-11-9-16(10-12-27)14-26(4)19-13-20(25-15-24-19)29-18-8-6-5-7-17(18)23/h5-8,13,15-16H,9-12,14H2,1-4H3. The van der Waals surface area contributed by atoms with E-state index < -0.39 is 11.4 Å². The molecule has 0 spiro atoms. The predicted molar refractivity (Wildman–Crippen MR) is 112 cm³/mol. The number of rotatable bonds is 5. The third-order valence-electron chi connectivity index (χ3n) is 4.87. The summed E-state index contributed by atoms with van der Waals surface area (Å²) in [5.41, 5.74) is -0.483. The van der Waals surface area contributed by atoms with Crippen LogP contribution < -0.4 is 9.64 Å². The van der Waals surface area contributed by atoms with Crippen molar-refractivity contribution < 1.29 is 18.7 Å². The minimum absolute atomic E-state index is 0.124. The molecule has 1 amide bonds. The van der Waals surface area contributed by atoms with Gasteiger partial charge in [0.15, 0.2) is 11.6 Å². The van der Waals surface area contributed by atoms with Crippen LogP contribution in [-0.4, -0.2) is 53.2 Å². The largest absolute Gasteiger partial charge is 0.444 e. The van der Waals surface area contributed by atoms with Gasteiger partial charge in [0, 0.05) is 32.7 Å². The monoisotopic (exact) mass is 416 g/mol. The van der Waals surface area contributed by atoms with Crippen LogP contribution in [0.2, 0.25) is 0 Å². The molecule has 1 aromatic carbocycles. The van der Waals surface area contributed by atoms with Gasteiger partial charge < -0.3 is 19.3 Å². The molecule has 7 nitrogen and oxygen atoms in total. The van der Waals surface area contributed by atoms with E-state index in [1.54, 1.807) is 29.2 Å². The molecule has 0 N–H and O–H groups in total. The van der Waals surface area contributed by atoms with Crippen LogP contribution in [0.1, 0.15) is 33.6 Å². The molecule has 0 bridgehead atoms. The SMILES string of the molecule is CN(CC1CCN(C(=O)OC(C)(C)C)CC1)c1cc(Oc2ccccc2F)ncn1. The fraction of sp³-hybridized carbons (Fsp3) is 0.500. The third-order valence-corrected chi connectivity index (χ3v) is 4.87. The zero-order valence-electron chi connectivity index (χ0n) is 18.0. The quantitative estimate of drug-likeness (QED) is 0.715. The zero-order valence-corrected chi connectivity index (χ0v) is 18.0. The molecule has 2 aromatic rings. The normalized spacial score (nSPS) is 15.0. The Morgan fingerprint density at radius 2 is 1.93 bits per heavy atom. The van der Waals surface area contributed by atoms with E-state index in [9.17, 15) is 9.18 Å². The Morgan fingerprint density at radius 1 is 1.23 bits per heavy atom. The van der Waals surface area contributed by atoms with Gasteiger partial charge in [0.2, 0.25) is 5.88 Å². The summed E-state index contributed by atoms with van der Waals surface area (Å²) in [4.78, 5) is 24.4. The van der Waals surface area contributed by atoms with E-state index in [-0.39, 0.29) is 17.7 Å². The molecule has 1 saturated heterocycles. The fourth-order valence-electron chi connectivity index (χ4n) is 3.34. The molecule has 2 heterocycles. The highest BCUT2D eigenvalue weighted by Crippen LogP contribution is 2.26. The second-order valence-electron chi connectivity index (χ2n) is 8.54. The minimum Gasteiger partial charge on any atom is -0.444 e. The number of aromatic nitrogens is 2. The number of hydrogen-bond acceptors (Lipinski definition) is 6. The van der Waals surface area contributed by atoms with Crippen LogP contribution in [0.3, 0.4) is 0 Å². The molecule has 162 valence electrons. The zero-order chi connectivity index (χ0) is 21.7. The van der Waals surface area contributed by atoms with Gasteiger partial charge in [-0.3, -0.25) is 0 Å². The van der Waals surface area contributed by atoms with Crippen LogP contribution in [0.15, 0.2) is 36.7 Å². The topological polar surface area (TPSA) is 67.8 Å². The van der Waals surface area contributed by atoms with Crippen molar-refractivity contribution in [1.29, 1.82) is 0 Å². The van der Waals surface area contributed by atoms with Gasteiger partial charge >= 0.3 is 6.09 Å². The van der Waals surface area contributed by atoms with Gasteiger partial charge in [-0.2, -0.15) is 0 Å². The van der Waals surface area contributed by atoms with E-state index in [1.165, 1.54) is 12.4 Å². The van der Waals surface area contributed by atoms with Crippen molar-refractivity contribution in [2.24, 2.45) is 5.92 Å². The Kier molecular flexibility index (Phi) is 6.74. The highest BCUT2D eigenvalue weighted by Gasteiger charge is 2.27. The number of para-hydroxylation sites is 1. The number of nitrogens with zero attached hydrogens (tertiary/aromatic N) is 4. The second kappa shape index (κ2) is 9.28. The summed E-state index contributed by atoms with van der Waals surface area (Å²) in [6, 6.07) is 7.90. The van der Waals surface area contributed by atoms with Gasteiger partial charge in [0.25, 0.3) is 0 Å². The lowest BCUT2D eigenvalue weighted by atomic mass is 9.96. The second-order valence-corrected chi connectivity index (χ2v) is 8.54. The number of halogens is 1. The van der Waals surface area contributed by atoms with E-state index in [1.807, 2.05) is 32.7 Å². The lowest BCUT2D eigenvalue weighted by molar-refractivity contribution is 0.0186. The summed E-state index contributed by atoms with van der Waals surface area (Å²) in [5.74, 6) is 1.10. The number of likely N-dealkylation sites (tertiary alicyclic amines) is 1. The first-order valence-corrected chi connectivity index (χ1v) is 10.1. The number of carbonyl (C=O) groups is 1. The number of hydrogen-bond donors (Lipinski definition) is 0. The summed E-state index contributed by atoms with van der Waals surface area (Å²) >= 11 is 0. The average molecular weight is 416 g/mol. The maximum atomic E-state index is 13.8. The van der Waals surface area contributed by atoms with Gasteiger partial charge in [-0.25, -0.2) is 19.2 Å². The molecule has 0 atom stereocenters. The van der Waals surface area contributed by atoms with E-state index in [0.29, 0.717) is 24.8 Å². The molecule has 3 rings (SSSR count). The molecule has 8 heteroatoms. The Bertz CT molecular complexity index is 863. The fourth-order valence-corrected chi connectivity index (χ4v) is 3.34. The number of benzene rings is 1. The van der Waals surface area contributed by atoms with Gasteiger partial charge in [0.05, 0.1) is 0 Å². The summed E-state index contributed by atoms with van der Waals surface area (Å²) in [7, 11) is 1.95. The Hall–Kier alpha value is -2.90. The molecule has 0 unspecified atom stereocenters. The van der Waals surface area contributed by atoms with Gasteiger partial charge in [0.1, 0.15) is 17.7 Å². The Balaban J connectivity index is 1.54. The van der Waals surface area contributed by atoms with Crippen LogP contribution in [0.5, 0.6) is 11.6 Å². The van der Waals surface area contributed by atoms with Crippen LogP contribution in [0.25, 0.3) is 0 Å². The number of amides is 1. The summed E-state index contributed by atoms with van der Waals surface area (Å²) in [6.45, 7) is 7.77. The molecular weight excluding hydrogens is 387 g/mol. The maximum absolute atomic E-state index is 13.8. The van der Waals surface area contributed by atoms with E-state index in [4.69, 9.17) is 9.47 Å². The van der Waals surface area contributed by atoms with Crippen molar-refractivity contribution in [3.05, 3.63) is 42.5 Å². The van der Waals surface area contributed by atoms with Gasteiger partial charge in [-0.05, 0) is 51.7 Å². The van der Waals surface area contributed by atoms with Gasteiger partial charge in [-0.1, -0.05) is 12.1 Å². The first-order valence-electron chi connectivity index (χ1n) is 10.1. The highest BCUT2D eigenvalue weighted by atomic mass is 19.1. The smallest absolute Gasteiger partial charge is 0.410 e. The minimum atomic E-state index is -0.483. The number of ether oxygens (including phenoxy) is 2. The number of piperidine rings is 1. The molecule has 1 fully saturated rings. The van der Waals surface area contributed by atoms with Crippen LogP contribution in [0, 0.1) is 11.7 Å². The van der Waals surface area contributed by atoms with Crippen molar-refractivity contribution in [3.63, 3.8) is 0 Å². The summed E-state index contributed by atoms with van der Waals surface area (Å²) < 4.78 is 24.8. The highest BCUT2D eigenvalue weighted by molar-refractivity contribution is 5.68. The first kappa shape index (κ1) is 21.8. The van der Waals surface area contributed by atoms with Crippen LogP contribution in [0.4, 0.5) is 15.0 Å². The molecule has 0 aliphatic carbocycles. The number of anilines is 1. The summed E-state index contributed by atoms with van der Waals surface area (Å²) in [5, 5.41) is 0. The van der Waals surface area contributed by atoms with Gasteiger partial charge in [-0.15, -0.1) is 0 Å². The molecule has 0 saturated carbocycles. The number of carbonyl (C=O) groups excluding carboxylic acids is 1.